The van der Waals surface area contributed by atoms with Gasteiger partial charge < -0.3 is 9.47 Å². The summed E-state index contributed by atoms with van der Waals surface area (Å²) in [5.41, 5.74) is 0. The van der Waals surface area contributed by atoms with Crippen LogP contribution >= 0.6 is 0 Å². The second-order valence-electron chi connectivity index (χ2n) is 3.25. The fourth-order valence-electron chi connectivity index (χ4n) is 0.816. The van der Waals surface area contributed by atoms with Crippen LogP contribution < -0.4 is 0 Å². The molecule has 0 N–H and O–H groups in total. The molecule has 0 saturated heterocycles. The zero-order valence-corrected chi connectivity index (χ0v) is 10.2. The van der Waals surface area contributed by atoms with Gasteiger partial charge in [-0.1, -0.05) is 0 Å². The van der Waals surface area contributed by atoms with Gasteiger partial charge in [0.15, 0.2) is 15.6 Å². The number of rotatable bonds is 8. The van der Waals surface area contributed by atoms with E-state index >= 15 is 0 Å². The molecule has 0 rings (SSSR count). The van der Waals surface area contributed by atoms with Crippen LogP contribution in [0.3, 0.4) is 0 Å². The van der Waals surface area contributed by atoms with Gasteiger partial charge in [0.1, 0.15) is 13.2 Å². The number of carbonyl (C=O) groups is 2. The molecule has 0 aliphatic carbocycles. The lowest BCUT2D eigenvalue weighted by Crippen LogP contribution is -2.20. The van der Waals surface area contributed by atoms with Crippen LogP contribution in [0.15, 0.2) is 0 Å². The molecule has 0 spiro atoms. The first-order chi connectivity index (χ1) is 7.33. The number of carbonyl (C=O) groups excluding carboxylic acids is 2. The summed E-state index contributed by atoms with van der Waals surface area (Å²) >= 11 is 0. The van der Waals surface area contributed by atoms with Gasteiger partial charge in [-0.25, -0.2) is 8.42 Å². The van der Waals surface area contributed by atoms with Gasteiger partial charge in [0.05, 0.1) is 18.1 Å². The molecule has 0 amide bonds. The van der Waals surface area contributed by atoms with Crippen molar-refractivity contribution in [2.45, 2.75) is 13.8 Å². The molecule has 0 bridgehead atoms. The van der Waals surface area contributed by atoms with Gasteiger partial charge in [-0.05, 0) is 6.92 Å². The van der Waals surface area contributed by atoms with Gasteiger partial charge in [-0.3, -0.25) is 9.59 Å². The third-order valence-corrected chi connectivity index (χ3v) is 3.12. The van der Waals surface area contributed by atoms with Gasteiger partial charge in [-0.15, -0.1) is 0 Å². The lowest BCUT2D eigenvalue weighted by molar-refractivity contribution is -0.140. The molecule has 16 heavy (non-hydrogen) atoms. The lowest BCUT2D eigenvalue weighted by Gasteiger charge is -2.04. The van der Waals surface area contributed by atoms with Crippen molar-refractivity contribution in [2.24, 2.45) is 0 Å². The number of hydrogen-bond acceptors (Lipinski definition) is 6. The van der Waals surface area contributed by atoms with E-state index in [1.54, 1.807) is 0 Å². The summed E-state index contributed by atoms with van der Waals surface area (Å²) in [5, 5.41) is 0. The summed E-state index contributed by atoms with van der Waals surface area (Å²) in [4.78, 5) is 20.9. The minimum Gasteiger partial charge on any atom is -0.465 e. The molecule has 0 aromatic carbocycles. The summed E-state index contributed by atoms with van der Waals surface area (Å²) in [6, 6.07) is 0. The highest BCUT2D eigenvalue weighted by Crippen LogP contribution is 1.92. The van der Waals surface area contributed by atoms with Crippen LogP contribution in [0.2, 0.25) is 0 Å². The van der Waals surface area contributed by atoms with Crippen molar-refractivity contribution in [2.75, 3.05) is 31.3 Å². The van der Waals surface area contributed by atoms with Crippen LogP contribution in [-0.4, -0.2) is 51.5 Å². The molecule has 0 atom stereocenters. The Morgan fingerprint density at radius 2 is 1.62 bits per heavy atom. The molecule has 0 saturated carbocycles. The maximum atomic E-state index is 11.3. The lowest BCUT2D eigenvalue weighted by atomic mass is 10.5. The monoisotopic (exact) mass is 252 g/mol. The molecule has 0 heterocycles. The van der Waals surface area contributed by atoms with Crippen molar-refractivity contribution in [1.82, 2.24) is 0 Å². The average Bonchev–Trinajstić information content (AvgIpc) is 2.11. The Bertz CT molecular complexity index is 332. The Morgan fingerprint density at radius 3 is 2.12 bits per heavy atom. The van der Waals surface area contributed by atoms with Crippen LogP contribution in [0.5, 0.6) is 0 Å². The van der Waals surface area contributed by atoms with Gasteiger partial charge in [0.2, 0.25) is 0 Å². The van der Waals surface area contributed by atoms with Crippen LogP contribution in [0.1, 0.15) is 13.8 Å². The Kier molecular flexibility index (Phi) is 6.91. The van der Waals surface area contributed by atoms with Crippen LogP contribution in [0, 0.1) is 0 Å². The predicted molar refractivity (Wildman–Crippen MR) is 56.8 cm³/mol. The van der Waals surface area contributed by atoms with E-state index in [4.69, 9.17) is 4.74 Å². The standard InChI is InChI=1S/C9H16O6S/c1-8(10)7-14-3-5-16(12,13)6-4-15-9(2)11/h3-7H2,1-2H3. The van der Waals surface area contributed by atoms with Gasteiger partial charge >= 0.3 is 5.97 Å². The van der Waals surface area contributed by atoms with E-state index in [9.17, 15) is 18.0 Å². The molecule has 0 unspecified atom stereocenters. The Balaban J connectivity index is 3.70. The Morgan fingerprint density at radius 1 is 1.06 bits per heavy atom. The summed E-state index contributed by atoms with van der Waals surface area (Å²) in [6.07, 6.45) is 0. The minimum absolute atomic E-state index is 0.0258. The molecule has 0 radical (unpaired) electrons. The largest absolute Gasteiger partial charge is 0.465 e. The van der Waals surface area contributed by atoms with E-state index in [-0.39, 0.29) is 37.1 Å². The van der Waals surface area contributed by atoms with Gasteiger partial charge in [0, 0.05) is 6.92 Å². The SMILES string of the molecule is CC(=O)COCCS(=O)(=O)CCOC(C)=O. The van der Waals surface area contributed by atoms with Crippen molar-refractivity contribution in [3.8, 4) is 0 Å². The highest BCUT2D eigenvalue weighted by Gasteiger charge is 2.11. The van der Waals surface area contributed by atoms with Crippen molar-refractivity contribution < 1.29 is 27.5 Å². The van der Waals surface area contributed by atoms with E-state index in [1.807, 2.05) is 0 Å². The number of sulfone groups is 1. The molecular weight excluding hydrogens is 236 g/mol. The van der Waals surface area contributed by atoms with Crippen molar-refractivity contribution >= 4 is 21.6 Å². The normalized spacial score (nSPS) is 11.1. The first-order valence-corrected chi connectivity index (χ1v) is 6.56. The second-order valence-corrected chi connectivity index (χ2v) is 5.55. The molecule has 7 heteroatoms. The molecule has 6 nitrogen and oxygen atoms in total. The topological polar surface area (TPSA) is 86.7 Å². The number of Topliss-reactive ketones (excluding diaryl/α,β-unsaturated/α-hetero) is 1. The van der Waals surface area contributed by atoms with Gasteiger partial charge in [0.25, 0.3) is 0 Å². The highest BCUT2D eigenvalue weighted by molar-refractivity contribution is 7.91. The van der Waals surface area contributed by atoms with Crippen molar-refractivity contribution in [3.63, 3.8) is 0 Å². The predicted octanol–water partition coefficient (Wildman–Crippen LogP) is -0.430. The quantitative estimate of drug-likeness (QED) is 0.430. The number of ether oxygens (including phenoxy) is 2. The fraction of sp³-hybridized carbons (Fsp3) is 0.778. The molecule has 0 aliphatic rings. The Labute approximate surface area is 94.8 Å². The first-order valence-electron chi connectivity index (χ1n) is 4.74. The van der Waals surface area contributed by atoms with E-state index in [0.717, 1.165) is 0 Å². The average molecular weight is 252 g/mol. The number of esters is 1. The molecule has 0 fully saturated rings. The third kappa shape index (κ3) is 9.60. The van der Waals surface area contributed by atoms with Crippen LogP contribution in [0.4, 0.5) is 0 Å². The minimum atomic E-state index is -3.29. The first kappa shape index (κ1) is 15.0. The van der Waals surface area contributed by atoms with Crippen molar-refractivity contribution in [3.05, 3.63) is 0 Å². The fourth-order valence-corrected chi connectivity index (χ4v) is 1.73. The third-order valence-electron chi connectivity index (χ3n) is 1.54. The smallest absolute Gasteiger partial charge is 0.302 e. The maximum absolute atomic E-state index is 11.3. The maximum Gasteiger partial charge on any atom is 0.302 e. The summed E-state index contributed by atoms with van der Waals surface area (Å²) in [5.74, 6) is -1.07. The molecule has 94 valence electrons. The zero-order chi connectivity index (χ0) is 12.6. The van der Waals surface area contributed by atoms with Crippen molar-refractivity contribution in [1.29, 1.82) is 0 Å². The van der Waals surface area contributed by atoms with Gasteiger partial charge in [-0.2, -0.15) is 0 Å². The molecule has 0 aromatic heterocycles. The summed E-state index contributed by atoms with van der Waals surface area (Å²) < 4.78 is 31.9. The van der Waals surface area contributed by atoms with Crippen LogP contribution in [0.25, 0.3) is 0 Å². The molecular formula is C9H16O6S. The Hall–Kier alpha value is -0.950. The molecule has 0 aliphatic heterocycles. The molecule has 0 aromatic rings. The van der Waals surface area contributed by atoms with E-state index in [1.165, 1.54) is 13.8 Å². The van der Waals surface area contributed by atoms with E-state index < -0.39 is 15.8 Å². The van der Waals surface area contributed by atoms with E-state index in [0.29, 0.717) is 0 Å². The highest BCUT2D eigenvalue weighted by atomic mass is 32.2. The zero-order valence-electron chi connectivity index (χ0n) is 9.39. The van der Waals surface area contributed by atoms with Crippen LogP contribution in [-0.2, 0) is 28.9 Å². The number of ketones is 1. The second kappa shape index (κ2) is 7.34. The summed E-state index contributed by atoms with van der Waals surface area (Å²) in [7, 11) is -3.29. The summed E-state index contributed by atoms with van der Waals surface area (Å²) in [6.45, 7) is 2.31. The van der Waals surface area contributed by atoms with E-state index in [2.05, 4.69) is 4.74 Å². The number of hydrogen-bond donors (Lipinski definition) is 0.